The van der Waals surface area contributed by atoms with Gasteiger partial charge in [-0.25, -0.2) is 13.4 Å². The lowest BCUT2D eigenvalue weighted by atomic mass is 10.3. The molecule has 0 N–H and O–H groups in total. The molecule has 2 heterocycles. The molecule has 0 saturated carbocycles. The Hall–Kier alpha value is -1.21. The lowest BCUT2D eigenvalue weighted by molar-refractivity contribution is 0.384. The van der Waals surface area contributed by atoms with Crippen LogP contribution < -0.4 is 4.90 Å². The zero-order chi connectivity index (χ0) is 12.3. The van der Waals surface area contributed by atoms with Gasteiger partial charge in [0.15, 0.2) is 0 Å². The van der Waals surface area contributed by atoms with Gasteiger partial charge in [0, 0.05) is 38.6 Å². The zero-order valence-electron chi connectivity index (χ0n) is 9.78. The molecule has 1 aromatic rings. The van der Waals surface area contributed by atoms with E-state index in [0.717, 1.165) is 5.82 Å². The summed E-state index contributed by atoms with van der Waals surface area (Å²) in [7, 11) is -3.06. The first-order chi connectivity index (χ1) is 8.13. The SMILES string of the molecule is CCS(=O)(=O)N1CCN(c2cnccn2)CC1. The highest BCUT2D eigenvalue weighted by molar-refractivity contribution is 7.89. The second-order valence-corrected chi connectivity index (χ2v) is 6.11. The average molecular weight is 256 g/mol. The molecule has 1 aliphatic rings. The fourth-order valence-corrected chi connectivity index (χ4v) is 2.92. The van der Waals surface area contributed by atoms with E-state index >= 15 is 0 Å². The van der Waals surface area contributed by atoms with Crippen molar-refractivity contribution in [3.63, 3.8) is 0 Å². The van der Waals surface area contributed by atoms with E-state index in [1.165, 1.54) is 0 Å². The molecule has 7 heteroatoms. The molecule has 1 aliphatic heterocycles. The fourth-order valence-electron chi connectivity index (χ4n) is 1.83. The van der Waals surface area contributed by atoms with Crippen LogP contribution in [0.15, 0.2) is 18.6 Å². The molecule has 0 atom stereocenters. The molecule has 1 aromatic heterocycles. The van der Waals surface area contributed by atoms with Gasteiger partial charge >= 0.3 is 0 Å². The van der Waals surface area contributed by atoms with Crippen LogP contribution in [0.5, 0.6) is 0 Å². The van der Waals surface area contributed by atoms with Gasteiger partial charge in [0.1, 0.15) is 5.82 Å². The minimum absolute atomic E-state index is 0.165. The predicted octanol–water partition coefficient (Wildman–Crippen LogP) is -0.0517. The Morgan fingerprint density at radius 1 is 1.24 bits per heavy atom. The van der Waals surface area contributed by atoms with Crippen molar-refractivity contribution in [3.8, 4) is 0 Å². The number of hydrogen-bond donors (Lipinski definition) is 0. The summed E-state index contributed by atoms with van der Waals surface area (Å²) < 4.78 is 24.9. The Labute approximate surface area is 101 Å². The highest BCUT2D eigenvalue weighted by Gasteiger charge is 2.25. The highest BCUT2D eigenvalue weighted by atomic mass is 32.2. The smallest absolute Gasteiger partial charge is 0.213 e. The van der Waals surface area contributed by atoms with Gasteiger partial charge in [-0.2, -0.15) is 4.31 Å². The first kappa shape index (κ1) is 12.3. The summed E-state index contributed by atoms with van der Waals surface area (Å²) >= 11 is 0. The molecular formula is C10H16N4O2S. The van der Waals surface area contributed by atoms with Crippen LogP contribution in [0.25, 0.3) is 0 Å². The zero-order valence-corrected chi connectivity index (χ0v) is 10.6. The second kappa shape index (κ2) is 4.97. The number of nitrogens with zero attached hydrogens (tertiary/aromatic N) is 4. The van der Waals surface area contributed by atoms with Crippen molar-refractivity contribution in [2.45, 2.75) is 6.92 Å². The average Bonchev–Trinajstić information content (AvgIpc) is 2.40. The Bertz CT molecular complexity index is 454. The molecular weight excluding hydrogens is 240 g/mol. The maximum atomic E-state index is 11.7. The molecule has 1 saturated heterocycles. The van der Waals surface area contributed by atoms with Gasteiger partial charge in [-0.05, 0) is 6.92 Å². The Balaban J connectivity index is 2.00. The van der Waals surface area contributed by atoms with Gasteiger partial charge in [-0.3, -0.25) is 4.98 Å². The van der Waals surface area contributed by atoms with Crippen LogP contribution in [0.2, 0.25) is 0 Å². The van der Waals surface area contributed by atoms with Crippen LogP contribution >= 0.6 is 0 Å². The summed E-state index contributed by atoms with van der Waals surface area (Å²) in [6, 6.07) is 0. The van der Waals surface area contributed by atoms with E-state index < -0.39 is 10.0 Å². The third-order valence-electron chi connectivity index (χ3n) is 2.87. The van der Waals surface area contributed by atoms with Crippen molar-refractivity contribution in [3.05, 3.63) is 18.6 Å². The number of rotatable bonds is 3. The Morgan fingerprint density at radius 2 is 1.94 bits per heavy atom. The van der Waals surface area contributed by atoms with E-state index in [4.69, 9.17) is 0 Å². The lowest BCUT2D eigenvalue weighted by Gasteiger charge is -2.34. The molecule has 0 bridgehead atoms. The van der Waals surface area contributed by atoms with Gasteiger partial charge in [0.2, 0.25) is 10.0 Å². The third kappa shape index (κ3) is 2.73. The maximum absolute atomic E-state index is 11.7. The Morgan fingerprint density at radius 3 is 2.47 bits per heavy atom. The van der Waals surface area contributed by atoms with Gasteiger partial charge in [0.25, 0.3) is 0 Å². The summed E-state index contributed by atoms with van der Waals surface area (Å²) in [5.74, 6) is 0.971. The molecule has 0 aliphatic carbocycles. The monoisotopic (exact) mass is 256 g/mol. The largest absolute Gasteiger partial charge is 0.353 e. The number of aromatic nitrogens is 2. The summed E-state index contributed by atoms with van der Waals surface area (Å²) in [6.45, 7) is 4.04. The van der Waals surface area contributed by atoms with Crippen molar-refractivity contribution in [1.82, 2.24) is 14.3 Å². The summed E-state index contributed by atoms with van der Waals surface area (Å²) in [5, 5.41) is 0. The molecule has 0 amide bonds. The number of hydrogen-bond acceptors (Lipinski definition) is 5. The molecule has 94 valence electrons. The van der Waals surface area contributed by atoms with Crippen molar-refractivity contribution < 1.29 is 8.42 Å². The molecule has 0 unspecified atom stereocenters. The normalized spacial score (nSPS) is 18.3. The Kier molecular flexibility index (Phi) is 3.58. The minimum Gasteiger partial charge on any atom is -0.353 e. The fraction of sp³-hybridized carbons (Fsp3) is 0.600. The molecule has 0 aromatic carbocycles. The standard InChI is InChI=1S/C10H16N4O2S/c1-2-17(15,16)14-7-5-13(6-8-14)10-9-11-3-4-12-10/h3-4,9H,2,5-8H2,1H3. The highest BCUT2D eigenvalue weighted by Crippen LogP contribution is 2.13. The molecule has 0 spiro atoms. The van der Waals surface area contributed by atoms with Crippen LogP contribution in [0, 0.1) is 0 Å². The van der Waals surface area contributed by atoms with E-state index in [-0.39, 0.29) is 5.75 Å². The minimum atomic E-state index is -3.06. The molecule has 6 nitrogen and oxygen atoms in total. The number of piperazine rings is 1. The molecule has 17 heavy (non-hydrogen) atoms. The lowest BCUT2D eigenvalue weighted by Crippen LogP contribution is -2.49. The molecule has 1 fully saturated rings. The second-order valence-electron chi connectivity index (χ2n) is 3.85. The van der Waals surface area contributed by atoms with Crippen molar-refractivity contribution in [2.24, 2.45) is 0 Å². The topological polar surface area (TPSA) is 66.4 Å². The van der Waals surface area contributed by atoms with E-state index in [0.29, 0.717) is 26.2 Å². The van der Waals surface area contributed by atoms with Crippen molar-refractivity contribution in [1.29, 1.82) is 0 Å². The van der Waals surface area contributed by atoms with Crippen LogP contribution in [0.1, 0.15) is 6.92 Å². The molecule has 0 radical (unpaired) electrons. The van der Waals surface area contributed by atoms with Crippen molar-refractivity contribution >= 4 is 15.8 Å². The first-order valence-corrected chi connectivity index (χ1v) is 7.23. The van der Waals surface area contributed by atoms with Gasteiger partial charge in [-0.15, -0.1) is 0 Å². The van der Waals surface area contributed by atoms with E-state index in [9.17, 15) is 8.42 Å². The van der Waals surface area contributed by atoms with Crippen LogP contribution in [0.4, 0.5) is 5.82 Å². The van der Waals surface area contributed by atoms with Crippen LogP contribution in [-0.2, 0) is 10.0 Å². The molecule has 2 rings (SSSR count). The summed E-state index contributed by atoms with van der Waals surface area (Å²) in [4.78, 5) is 10.3. The quantitative estimate of drug-likeness (QED) is 0.758. The van der Waals surface area contributed by atoms with Gasteiger partial charge in [-0.1, -0.05) is 0 Å². The number of anilines is 1. The van der Waals surface area contributed by atoms with Crippen LogP contribution in [-0.4, -0.2) is 54.6 Å². The van der Waals surface area contributed by atoms with E-state index in [2.05, 4.69) is 14.9 Å². The van der Waals surface area contributed by atoms with Crippen LogP contribution in [0.3, 0.4) is 0 Å². The predicted molar refractivity (Wildman–Crippen MR) is 65.3 cm³/mol. The van der Waals surface area contributed by atoms with Gasteiger partial charge in [0.05, 0.1) is 11.9 Å². The maximum Gasteiger partial charge on any atom is 0.213 e. The first-order valence-electron chi connectivity index (χ1n) is 5.62. The van der Waals surface area contributed by atoms with E-state index in [1.807, 2.05) is 0 Å². The summed E-state index contributed by atoms with van der Waals surface area (Å²) in [6.07, 6.45) is 4.97. The van der Waals surface area contributed by atoms with E-state index in [1.54, 1.807) is 29.8 Å². The number of sulfonamides is 1. The van der Waals surface area contributed by atoms with Crippen molar-refractivity contribution in [2.75, 3.05) is 36.8 Å². The summed E-state index contributed by atoms with van der Waals surface area (Å²) in [5.41, 5.74) is 0. The van der Waals surface area contributed by atoms with Gasteiger partial charge < -0.3 is 4.90 Å². The third-order valence-corrected chi connectivity index (χ3v) is 4.75.